The van der Waals surface area contributed by atoms with Crippen LogP contribution in [0, 0.1) is 0 Å². The van der Waals surface area contributed by atoms with Crippen molar-refractivity contribution >= 4 is 11.9 Å². The molecule has 0 aromatic heterocycles. The first kappa shape index (κ1) is 9.90. The first-order valence-electron chi connectivity index (χ1n) is 3.07. The molecule has 64 valence electrons. The summed E-state index contributed by atoms with van der Waals surface area (Å²) in [6.45, 7) is 0.636. The number of likely N-dealkylation sites (N-methyl/N-ethyl adjacent to an activating group) is 1. The van der Waals surface area contributed by atoms with Gasteiger partial charge in [-0.1, -0.05) is 0 Å². The third-order valence-corrected chi connectivity index (χ3v) is 1.16. The topological polar surface area (TPSA) is 66.8 Å². The number of carboxylic acids is 1. The molecular formula is C6H11NO4. The molecule has 0 saturated carbocycles. The highest BCUT2D eigenvalue weighted by molar-refractivity contribution is 6.31. The van der Waals surface area contributed by atoms with Crippen LogP contribution in [0.5, 0.6) is 0 Å². The average molecular weight is 161 g/mol. The summed E-state index contributed by atoms with van der Waals surface area (Å²) in [6.07, 6.45) is 0. The highest BCUT2D eigenvalue weighted by Crippen LogP contribution is 1.84. The zero-order valence-corrected chi connectivity index (χ0v) is 6.53. The summed E-state index contributed by atoms with van der Waals surface area (Å²) in [6, 6.07) is 0. The van der Waals surface area contributed by atoms with Crippen LogP contribution in [0.1, 0.15) is 0 Å². The van der Waals surface area contributed by atoms with Crippen molar-refractivity contribution in [3.05, 3.63) is 0 Å². The summed E-state index contributed by atoms with van der Waals surface area (Å²) < 4.78 is 4.66. The van der Waals surface area contributed by atoms with Crippen molar-refractivity contribution in [2.75, 3.05) is 27.3 Å². The number of methoxy groups -OCH3 is 1. The van der Waals surface area contributed by atoms with Crippen LogP contribution in [0.15, 0.2) is 0 Å². The van der Waals surface area contributed by atoms with Crippen molar-refractivity contribution in [2.45, 2.75) is 0 Å². The lowest BCUT2D eigenvalue weighted by atomic mass is 10.5. The van der Waals surface area contributed by atoms with Gasteiger partial charge >= 0.3 is 11.9 Å². The van der Waals surface area contributed by atoms with Crippen LogP contribution in [0.4, 0.5) is 0 Å². The summed E-state index contributed by atoms with van der Waals surface area (Å²) in [4.78, 5) is 21.8. The van der Waals surface area contributed by atoms with Gasteiger partial charge in [-0.2, -0.15) is 0 Å². The van der Waals surface area contributed by atoms with E-state index in [1.165, 1.54) is 14.2 Å². The molecule has 0 aromatic carbocycles. The molecule has 0 saturated heterocycles. The largest absolute Gasteiger partial charge is 0.474 e. The van der Waals surface area contributed by atoms with Gasteiger partial charge in [-0.15, -0.1) is 0 Å². The predicted molar refractivity (Wildman–Crippen MR) is 37.1 cm³/mol. The number of hydrogen-bond donors (Lipinski definition) is 1. The fourth-order valence-electron chi connectivity index (χ4n) is 0.493. The van der Waals surface area contributed by atoms with E-state index in [1.807, 2.05) is 0 Å². The Labute approximate surface area is 64.6 Å². The van der Waals surface area contributed by atoms with Gasteiger partial charge in [0.25, 0.3) is 0 Å². The summed E-state index contributed by atoms with van der Waals surface area (Å²) in [5.41, 5.74) is 0. The molecule has 5 nitrogen and oxygen atoms in total. The molecule has 0 aliphatic rings. The summed E-state index contributed by atoms with van der Waals surface area (Å²) in [5, 5.41) is 8.22. The lowest BCUT2D eigenvalue weighted by molar-refractivity contribution is -0.155. The van der Waals surface area contributed by atoms with Crippen molar-refractivity contribution in [2.24, 2.45) is 0 Å². The van der Waals surface area contributed by atoms with Gasteiger partial charge in [0.1, 0.15) is 0 Å². The molecular weight excluding hydrogens is 150 g/mol. The highest BCUT2D eigenvalue weighted by atomic mass is 16.5. The van der Waals surface area contributed by atoms with Gasteiger partial charge in [0.05, 0.1) is 6.61 Å². The van der Waals surface area contributed by atoms with Gasteiger partial charge in [-0.3, -0.25) is 4.79 Å². The Bertz CT molecular complexity index is 157. The minimum atomic E-state index is -1.44. The third-order valence-electron chi connectivity index (χ3n) is 1.16. The monoisotopic (exact) mass is 161 g/mol. The van der Waals surface area contributed by atoms with Gasteiger partial charge in [0.15, 0.2) is 0 Å². The molecule has 0 rings (SSSR count). The average Bonchev–Trinajstić information content (AvgIpc) is 1.98. The van der Waals surface area contributed by atoms with Crippen molar-refractivity contribution < 1.29 is 19.4 Å². The lowest BCUT2D eigenvalue weighted by Crippen LogP contribution is -2.35. The van der Waals surface area contributed by atoms with E-state index >= 15 is 0 Å². The molecule has 11 heavy (non-hydrogen) atoms. The first-order chi connectivity index (χ1) is 5.09. The van der Waals surface area contributed by atoms with Gasteiger partial charge < -0.3 is 14.7 Å². The molecule has 0 fully saturated rings. The normalized spacial score (nSPS) is 9.27. The van der Waals surface area contributed by atoms with Gasteiger partial charge in [0, 0.05) is 20.7 Å². The van der Waals surface area contributed by atoms with E-state index in [-0.39, 0.29) is 0 Å². The Balaban J connectivity index is 3.73. The second-order valence-electron chi connectivity index (χ2n) is 2.02. The molecule has 0 aliphatic carbocycles. The molecule has 0 heterocycles. The Morgan fingerprint density at radius 1 is 1.55 bits per heavy atom. The predicted octanol–water partition coefficient (Wildman–Crippen LogP) is -0.824. The Morgan fingerprint density at radius 2 is 2.09 bits per heavy atom. The van der Waals surface area contributed by atoms with Gasteiger partial charge in [0.2, 0.25) is 0 Å². The van der Waals surface area contributed by atoms with Gasteiger partial charge in [-0.25, -0.2) is 4.79 Å². The summed E-state index contributed by atoms with van der Waals surface area (Å²) in [7, 11) is 2.90. The lowest BCUT2D eigenvalue weighted by Gasteiger charge is -2.12. The van der Waals surface area contributed by atoms with E-state index in [0.717, 1.165) is 4.90 Å². The van der Waals surface area contributed by atoms with Crippen LogP contribution >= 0.6 is 0 Å². The number of nitrogens with zero attached hydrogens (tertiary/aromatic N) is 1. The fourth-order valence-corrected chi connectivity index (χ4v) is 0.493. The van der Waals surface area contributed by atoms with E-state index in [0.29, 0.717) is 13.2 Å². The standard InChI is InChI=1S/C6H11NO4/c1-7(3-4-11-2)5(8)6(9)10/h3-4H2,1-2H3,(H,9,10). The van der Waals surface area contributed by atoms with Crippen LogP contribution in [0.3, 0.4) is 0 Å². The van der Waals surface area contributed by atoms with E-state index in [4.69, 9.17) is 5.11 Å². The number of rotatable bonds is 3. The first-order valence-corrected chi connectivity index (χ1v) is 3.07. The number of ether oxygens (including phenoxy) is 1. The van der Waals surface area contributed by atoms with E-state index in [9.17, 15) is 9.59 Å². The van der Waals surface area contributed by atoms with Crippen LogP contribution in [-0.2, 0) is 14.3 Å². The highest BCUT2D eigenvalue weighted by Gasteiger charge is 2.15. The van der Waals surface area contributed by atoms with Crippen molar-refractivity contribution in [3.63, 3.8) is 0 Å². The van der Waals surface area contributed by atoms with E-state index in [1.54, 1.807) is 0 Å². The molecule has 0 aromatic rings. The Morgan fingerprint density at radius 3 is 2.45 bits per heavy atom. The van der Waals surface area contributed by atoms with Crippen LogP contribution in [-0.4, -0.2) is 49.2 Å². The Kier molecular flexibility index (Phi) is 4.21. The maximum atomic E-state index is 10.6. The molecule has 0 aliphatic heterocycles. The zero-order chi connectivity index (χ0) is 8.85. The Hall–Kier alpha value is -1.10. The zero-order valence-electron chi connectivity index (χ0n) is 6.53. The van der Waals surface area contributed by atoms with E-state index in [2.05, 4.69) is 4.74 Å². The number of carbonyl (C=O) groups excluding carboxylic acids is 1. The quantitative estimate of drug-likeness (QED) is 0.549. The number of carboxylic acid groups (broad SMARTS) is 1. The van der Waals surface area contributed by atoms with Crippen molar-refractivity contribution in [3.8, 4) is 0 Å². The van der Waals surface area contributed by atoms with Crippen LogP contribution in [0.25, 0.3) is 0 Å². The second kappa shape index (κ2) is 4.68. The van der Waals surface area contributed by atoms with Crippen LogP contribution < -0.4 is 0 Å². The molecule has 1 amide bonds. The van der Waals surface area contributed by atoms with Gasteiger partial charge in [-0.05, 0) is 0 Å². The fraction of sp³-hybridized carbons (Fsp3) is 0.667. The maximum absolute atomic E-state index is 10.6. The molecule has 1 N–H and O–H groups in total. The van der Waals surface area contributed by atoms with Crippen molar-refractivity contribution in [1.82, 2.24) is 4.90 Å². The summed E-state index contributed by atoms with van der Waals surface area (Å²) >= 11 is 0. The molecule has 0 atom stereocenters. The molecule has 0 bridgehead atoms. The van der Waals surface area contributed by atoms with Crippen molar-refractivity contribution in [1.29, 1.82) is 0 Å². The molecule has 0 unspecified atom stereocenters. The number of hydrogen-bond acceptors (Lipinski definition) is 3. The minimum absolute atomic E-state index is 0.293. The SMILES string of the molecule is COCCN(C)C(=O)C(=O)O. The van der Waals surface area contributed by atoms with Crippen LogP contribution in [0.2, 0.25) is 0 Å². The molecule has 0 spiro atoms. The van der Waals surface area contributed by atoms with E-state index < -0.39 is 11.9 Å². The summed E-state index contributed by atoms with van der Waals surface area (Å²) in [5.74, 6) is -2.36. The molecule has 5 heteroatoms. The molecule has 0 radical (unpaired) electrons. The second-order valence-corrected chi connectivity index (χ2v) is 2.02. The number of carbonyl (C=O) groups is 2. The number of amides is 1. The number of aliphatic carboxylic acids is 1. The minimum Gasteiger partial charge on any atom is -0.474 e. The smallest absolute Gasteiger partial charge is 0.394 e. The third kappa shape index (κ3) is 3.57. The maximum Gasteiger partial charge on any atom is 0.394 e.